The second kappa shape index (κ2) is 12.3. The number of hydrogen-bond donors (Lipinski definition) is 2. The van der Waals surface area contributed by atoms with Gasteiger partial charge in [-0.3, -0.25) is 0 Å². The molecule has 0 radical (unpaired) electrons. The van der Waals surface area contributed by atoms with Gasteiger partial charge in [-0.2, -0.15) is 0 Å². The molecule has 2 aromatic carbocycles. The Hall–Kier alpha value is -2.35. The molecule has 6 heteroatoms. The molecule has 0 aliphatic carbocycles. The van der Waals surface area contributed by atoms with Crippen LogP contribution in [0, 0.1) is 6.92 Å². The third-order valence-corrected chi connectivity index (χ3v) is 4.58. The van der Waals surface area contributed by atoms with Crippen LogP contribution < -0.4 is 10.6 Å². The highest BCUT2D eigenvalue weighted by Crippen LogP contribution is 2.10. The molecule has 1 aromatic heterocycles. The molecule has 1 heterocycles. The molecule has 0 amide bonds. The van der Waals surface area contributed by atoms with Gasteiger partial charge in [0, 0.05) is 32.0 Å². The van der Waals surface area contributed by atoms with Crippen molar-refractivity contribution in [2.75, 3.05) is 13.1 Å². The van der Waals surface area contributed by atoms with E-state index in [1.54, 1.807) is 0 Å². The highest BCUT2D eigenvalue weighted by atomic mass is 127. The van der Waals surface area contributed by atoms with Crippen molar-refractivity contribution in [2.45, 2.75) is 33.4 Å². The van der Waals surface area contributed by atoms with Gasteiger partial charge in [0.25, 0.3) is 0 Å². The number of rotatable bonds is 8. The van der Waals surface area contributed by atoms with Crippen molar-refractivity contribution in [2.24, 2.45) is 4.99 Å². The van der Waals surface area contributed by atoms with E-state index in [2.05, 4.69) is 75.6 Å². The number of aliphatic imine (C=N–C) groups is 1. The van der Waals surface area contributed by atoms with Crippen molar-refractivity contribution >= 4 is 29.9 Å². The number of guanidine groups is 1. The topological polar surface area (TPSA) is 54.2 Å². The molecule has 0 bridgehead atoms. The van der Waals surface area contributed by atoms with E-state index in [-0.39, 0.29) is 24.0 Å². The van der Waals surface area contributed by atoms with Gasteiger partial charge in [0.2, 0.25) is 0 Å². The summed E-state index contributed by atoms with van der Waals surface area (Å²) in [5.41, 5.74) is 3.79. The molecule has 3 rings (SSSR count). The SMILES string of the molecule is CCNC(=NCc1cccc(Cn2ccnc2C)c1)NCCc1ccccc1.I. The molecule has 0 atom stereocenters. The molecular weight excluding hydrogens is 473 g/mol. The van der Waals surface area contributed by atoms with Crippen LogP contribution in [0.25, 0.3) is 0 Å². The summed E-state index contributed by atoms with van der Waals surface area (Å²) in [6.45, 7) is 7.30. The van der Waals surface area contributed by atoms with Gasteiger partial charge < -0.3 is 15.2 Å². The van der Waals surface area contributed by atoms with Gasteiger partial charge in [0.1, 0.15) is 5.82 Å². The van der Waals surface area contributed by atoms with E-state index in [9.17, 15) is 0 Å². The van der Waals surface area contributed by atoms with Crippen LogP contribution in [0.1, 0.15) is 29.4 Å². The predicted octanol–water partition coefficient (Wildman–Crippen LogP) is 4.16. The molecule has 2 N–H and O–H groups in total. The van der Waals surface area contributed by atoms with Crippen LogP contribution in [0.5, 0.6) is 0 Å². The Morgan fingerprint density at radius 1 is 1.00 bits per heavy atom. The van der Waals surface area contributed by atoms with E-state index in [0.717, 1.165) is 37.8 Å². The largest absolute Gasteiger partial charge is 0.357 e. The van der Waals surface area contributed by atoms with Crippen LogP contribution in [0.15, 0.2) is 72.0 Å². The number of benzene rings is 2. The molecule has 0 aliphatic rings. The first-order valence-corrected chi connectivity index (χ1v) is 9.86. The lowest BCUT2D eigenvalue weighted by Gasteiger charge is -2.12. The van der Waals surface area contributed by atoms with Gasteiger partial charge in [-0.1, -0.05) is 54.6 Å². The van der Waals surface area contributed by atoms with E-state index < -0.39 is 0 Å². The number of aryl methyl sites for hydroxylation is 1. The molecule has 0 fully saturated rings. The van der Waals surface area contributed by atoms with Gasteiger partial charge in [0.05, 0.1) is 6.54 Å². The fourth-order valence-corrected chi connectivity index (χ4v) is 3.08. The van der Waals surface area contributed by atoms with Crippen molar-refractivity contribution in [3.63, 3.8) is 0 Å². The van der Waals surface area contributed by atoms with Crippen LogP contribution in [0.3, 0.4) is 0 Å². The minimum atomic E-state index is 0. The lowest BCUT2D eigenvalue weighted by Crippen LogP contribution is -2.38. The first kappa shape index (κ1) is 22.9. The Bertz CT molecular complexity index is 889. The quantitative estimate of drug-likeness (QED) is 0.276. The minimum Gasteiger partial charge on any atom is -0.357 e. The Labute approximate surface area is 190 Å². The molecule has 0 unspecified atom stereocenters. The highest BCUT2D eigenvalue weighted by Gasteiger charge is 2.02. The lowest BCUT2D eigenvalue weighted by molar-refractivity contribution is 0.760. The molecule has 0 aliphatic heterocycles. The maximum Gasteiger partial charge on any atom is 0.191 e. The van der Waals surface area contributed by atoms with Crippen molar-refractivity contribution in [1.29, 1.82) is 0 Å². The zero-order valence-corrected chi connectivity index (χ0v) is 19.5. The second-order valence-corrected chi connectivity index (χ2v) is 6.78. The number of hydrogen-bond acceptors (Lipinski definition) is 2. The maximum atomic E-state index is 4.75. The summed E-state index contributed by atoms with van der Waals surface area (Å²) in [5.74, 6) is 1.88. The summed E-state index contributed by atoms with van der Waals surface area (Å²) in [5, 5.41) is 6.75. The van der Waals surface area contributed by atoms with Crippen LogP contribution in [-0.4, -0.2) is 28.6 Å². The van der Waals surface area contributed by atoms with Crippen molar-refractivity contribution < 1.29 is 0 Å². The standard InChI is InChI=1S/C23H29N5.HI/c1-3-24-23(26-13-12-20-8-5-4-6-9-20)27-17-21-10-7-11-22(16-21)18-28-15-14-25-19(28)2;/h4-11,14-16H,3,12-13,17-18H2,1-2H3,(H2,24,26,27);1H. The van der Waals surface area contributed by atoms with Crippen molar-refractivity contribution in [1.82, 2.24) is 20.2 Å². The highest BCUT2D eigenvalue weighted by molar-refractivity contribution is 14.0. The summed E-state index contributed by atoms with van der Waals surface area (Å²) in [6.07, 6.45) is 4.83. The Kier molecular flexibility index (Phi) is 9.70. The van der Waals surface area contributed by atoms with Gasteiger partial charge in [-0.15, -0.1) is 24.0 Å². The summed E-state index contributed by atoms with van der Waals surface area (Å²) < 4.78 is 2.15. The first-order chi connectivity index (χ1) is 13.7. The van der Waals surface area contributed by atoms with Crippen LogP contribution >= 0.6 is 24.0 Å². The summed E-state index contributed by atoms with van der Waals surface area (Å²) >= 11 is 0. The second-order valence-electron chi connectivity index (χ2n) is 6.78. The van der Waals surface area contributed by atoms with E-state index in [1.807, 2.05) is 25.4 Å². The minimum absolute atomic E-state index is 0. The molecule has 154 valence electrons. The lowest BCUT2D eigenvalue weighted by atomic mass is 10.1. The molecule has 0 saturated heterocycles. The van der Waals surface area contributed by atoms with E-state index >= 15 is 0 Å². The molecule has 5 nitrogen and oxygen atoms in total. The third kappa shape index (κ3) is 7.53. The third-order valence-electron chi connectivity index (χ3n) is 4.58. The average Bonchev–Trinajstić information content (AvgIpc) is 3.12. The van der Waals surface area contributed by atoms with Gasteiger partial charge in [-0.05, 0) is 37.0 Å². The number of halogens is 1. The summed E-state index contributed by atoms with van der Waals surface area (Å²) in [6, 6.07) is 19.1. The monoisotopic (exact) mass is 503 g/mol. The summed E-state index contributed by atoms with van der Waals surface area (Å²) in [4.78, 5) is 9.04. The fourth-order valence-electron chi connectivity index (χ4n) is 3.08. The molecule has 29 heavy (non-hydrogen) atoms. The van der Waals surface area contributed by atoms with Gasteiger partial charge >= 0.3 is 0 Å². The number of nitrogens with zero attached hydrogens (tertiary/aromatic N) is 3. The maximum absolute atomic E-state index is 4.75. The van der Waals surface area contributed by atoms with Crippen molar-refractivity contribution in [3.05, 3.63) is 89.5 Å². The smallest absolute Gasteiger partial charge is 0.191 e. The predicted molar refractivity (Wildman–Crippen MR) is 131 cm³/mol. The Balaban J connectivity index is 0.00000300. The normalized spacial score (nSPS) is 11.0. The average molecular weight is 503 g/mol. The Morgan fingerprint density at radius 3 is 2.48 bits per heavy atom. The van der Waals surface area contributed by atoms with E-state index in [4.69, 9.17) is 4.99 Å². The molecular formula is C23H30IN5. The zero-order chi connectivity index (χ0) is 19.6. The van der Waals surface area contributed by atoms with E-state index in [0.29, 0.717) is 6.54 Å². The zero-order valence-electron chi connectivity index (χ0n) is 17.1. The molecule has 0 saturated carbocycles. The van der Waals surface area contributed by atoms with Crippen LogP contribution in [-0.2, 0) is 19.5 Å². The fraction of sp³-hybridized carbons (Fsp3) is 0.304. The van der Waals surface area contributed by atoms with Crippen molar-refractivity contribution in [3.8, 4) is 0 Å². The van der Waals surface area contributed by atoms with E-state index in [1.165, 1.54) is 16.7 Å². The van der Waals surface area contributed by atoms with Crippen LogP contribution in [0.4, 0.5) is 0 Å². The Morgan fingerprint density at radius 2 is 1.76 bits per heavy atom. The number of nitrogens with one attached hydrogen (secondary N) is 2. The molecule has 3 aromatic rings. The number of imidazole rings is 1. The first-order valence-electron chi connectivity index (χ1n) is 9.86. The summed E-state index contributed by atoms with van der Waals surface area (Å²) in [7, 11) is 0. The van der Waals surface area contributed by atoms with Crippen LogP contribution in [0.2, 0.25) is 0 Å². The number of aromatic nitrogens is 2. The van der Waals surface area contributed by atoms with Gasteiger partial charge in [0.15, 0.2) is 5.96 Å². The van der Waals surface area contributed by atoms with Gasteiger partial charge in [-0.25, -0.2) is 9.98 Å². The molecule has 0 spiro atoms.